The number of aromatic nitrogens is 2. The highest BCUT2D eigenvalue weighted by atomic mass is 16.1. The first-order chi connectivity index (χ1) is 11.3. The molecule has 2 heterocycles. The maximum Gasteiger partial charge on any atom is 0.220 e. The molecule has 1 aromatic carbocycles. The van der Waals surface area contributed by atoms with Crippen molar-refractivity contribution in [2.75, 3.05) is 6.54 Å². The zero-order chi connectivity index (χ0) is 15.9. The van der Waals surface area contributed by atoms with Crippen molar-refractivity contribution in [2.45, 2.75) is 25.7 Å². The molecule has 0 bridgehead atoms. The molecule has 0 saturated carbocycles. The normalized spacial score (nSPS) is 10.8. The number of amides is 1. The summed E-state index contributed by atoms with van der Waals surface area (Å²) in [4.78, 5) is 16.3. The van der Waals surface area contributed by atoms with Crippen molar-refractivity contribution in [3.8, 4) is 0 Å². The van der Waals surface area contributed by atoms with E-state index in [1.165, 1.54) is 5.56 Å². The molecule has 0 aliphatic carbocycles. The molecule has 4 heteroatoms. The first kappa shape index (κ1) is 15.3. The molecular formula is C19H21N3O. The molecule has 0 unspecified atom stereocenters. The maximum absolute atomic E-state index is 11.9. The van der Waals surface area contributed by atoms with E-state index >= 15 is 0 Å². The highest BCUT2D eigenvalue weighted by molar-refractivity contribution is 5.76. The number of nitrogens with one attached hydrogen (secondary N) is 1. The Morgan fingerprint density at radius 3 is 2.74 bits per heavy atom. The summed E-state index contributed by atoms with van der Waals surface area (Å²) in [6, 6.07) is 16.3. The highest BCUT2D eigenvalue weighted by Crippen LogP contribution is 2.08. The molecule has 4 nitrogen and oxygen atoms in total. The van der Waals surface area contributed by atoms with E-state index in [-0.39, 0.29) is 5.91 Å². The zero-order valence-electron chi connectivity index (χ0n) is 13.1. The molecule has 3 rings (SSSR count). The number of imidazole rings is 1. The van der Waals surface area contributed by atoms with Gasteiger partial charge >= 0.3 is 0 Å². The van der Waals surface area contributed by atoms with Crippen LogP contribution in [0.5, 0.6) is 0 Å². The van der Waals surface area contributed by atoms with Crippen molar-refractivity contribution >= 4 is 11.4 Å². The maximum atomic E-state index is 11.9. The van der Waals surface area contributed by atoms with E-state index in [1.807, 2.05) is 53.2 Å². The van der Waals surface area contributed by atoms with E-state index in [0.29, 0.717) is 12.8 Å². The summed E-state index contributed by atoms with van der Waals surface area (Å²) in [7, 11) is 0. The van der Waals surface area contributed by atoms with Crippen LogP contribution in [0.25, 0.3) is 5.52 Å². The largest absolute Gasteiger partial charge is 0.356 e. The molecular weight excluding hydrogens is 286 g/mol. The number of aryl methyl sites for hydroxylation is 2. The van der Waals surface area contributed by atoms with Crippen LogP contribution in [0, 0.1) is 0 Å². The van der Waals surface area contributed by atoms with E-state index in [2.05, 4.69) is 22.4 Å². The number of nitrogens with zero attached hydrogens (tertiary/aromatic N) is 2. The second-order valence-corrected chi connectivity index (χ2v) is 5.61. The van der Waals surface area contributed by atoms with Crippen LogP contribution in [0.4, 0.5) is 0 Å². The third kappa shape index (κ3) is 4.19. The Morgan fingerprint density at radius 1 is 1.04 bits per heavy atom. The minimum absolute atomic E-state index is 0.0887. The van der Waals surface area contributed by atoms with E-state index in [9.17, 15) is 4.79 Å². The molecule has 23 heavy (non-hydrogen) atoms. The van der Waals surface area contributed by atoms with Crippen LogP contribution in [-0.2, 0) is 17.6 Å². The molecule has 0 aliphatic rings. The van der Waals surface area contributed by atoms with Crippen LogP contribution < -0.4 is 5.32 Å². The first-order valence-corrected chi connectivity index (χ1v) is 8.04. The number of carbonyl (C=O) groups is 1. The van der Waals surface area contributed by atoms with Crippen molar-refractivity contribution in [3.63, 3.8) is 0 Å². The number of pyridine rings is 1. The second kappa shape index (κ2) is 7.58. The predicted octanol–water partition coefficient (Wildman–Crippen LogP) is 3.02. The van der Waals surface area contributed by atoms with Gasteiger partial charge in [-0.05, 0) is 30.5 Å². The van der Waals surface area contributed by atoms with Gasteiger partial charge in [0.1, 0.15) is 5.82 Å². The number of hydrogen-bond donors (Lipinski definition) is 1. The van der Waals surface area contributed by atoms with E-state index in [0.717, 1.165) is 30.7 Å². The van der Waals surface area contributed by atoms with Gasteiger partial charge in [-0.25, -0.2) is 4.98 Å². The Hall–Kier alpha value is -2.62. The van der Waals surface area contributed by atoms with Crippen LogP contribution in [0.15, 0.2) is 60.9 Å². The Kier molecular flexibility index (Phi) is 5.04. The monoisotopic (exact) mass is 307 g/mol. The van der Waals surface area contributed by atoms with Crippen molar-refractivity contribution in [3.05, 3.63) is 72.3 Å². The fourth-order valence-corrected chi connectivity index (χ4v) is 2.66. The molecule has 3 aromatic rings. The lowest BCUT2D eigenvalue weighted by Gasteiger charge is -2.05. The third-order valence-corrected chi connectivity index (χ3v) is 3.90. The number of fused-ring (bicyclic) bond motifs is 1. The number of rotatable bonds is 7. The van der Waals surface area contributed by atoms with E-state index in [4.69, 9.17) is 0 Å². The van der Waals surface area contributed by atoms with Gasteiger partial charge in [-0.2, -0.15) is 0 Å². The van der Waals surface area contributed by atoms with Gasteiger partial charge in [-0.15, -0.1) is 0 Å². The summed E-state index contributed by atoms with van der Waals surface area (Å²) in [5.41, 5.74) is 2.37. The molecule has 1 N–H and O–H groups in total. The minimum Gasteiger partial charge on any atom is -0.356 e. The average molecular weight is 307 g/mol. The standard InChI is InChI=1S/C19H21N3O/c23-19(20-13-6-9-16-7-2-1-3-8-16)12-11-18-21-15-17-10-4-5-14-22(17)18/h1-5,7-8,10,14-15H,6,9,11-13H2,(H,20,23). The number of hydrogen-bond acceptors (Lipinski definition) is 2. The summed E-state index contributed by atoms with van der Waals surface area (Å²) < 4.78 is 2.03. The summed E-state index contributed by atoms with van der Waals surface area (Å²) in [5.74, 6) is 1.02. The summed E-state index contributed by atoms with van der Waals surface area (Å²) in [6.45, 7) is 0.718. The van der Waals surface area contributed by atoms with Crippen LogP contribution in [0.3, 0.4) is 0 Å². The van der Waals surface area contributed by atoms with Gasteiger partial charge in [-0.3, -0.25) is 4.79 Å². The fourth-order valence-electron chi connectivity index (χ4n) is 2.66. The Balaban J connectivity index is 1.40. The molecule has 118 valence electrons. The van der Waals surface area contributed by atoms with Crippen LogP contribution >= 0.6 is 0 Å². The Bertz CT molecular complexity index is 764. The lowest BCUT2D eigenvalue weighted by molar-refractivity contribution is -0.121. The third-order valence-electron chi connectivity index (χ3n) is 3.90. The smallest absolute Gasteiger partial charge is 0.220 e. The summed E-state index contributed by atoms with van der Waals surface area (Å²) >= 11 is 0. The molecule has 2 aromatic heterocycles. The van der Waals surface area contributed by atoms with Crippen molar-refractivity contribution in [1.82, 2.24) is 14.7 Å². The first-order valence-electron chi connectivity index (χ1n) is 8.04. The number of carbonyl (C=O) groups excluding carboxylic acids is 1. The van der Waals surface area contributed by atoms with Gasteiger partial charge < -0.3 is 9.72 Å². The lowest BCUT2D eigenvalue weighted by Crippen LogP contribution is -2.25. The van der Waals surface area contributed by atoms with Gasteiger partial charge in [0, 0.05) is 25.6 Å². The van der Waals surface area contributed by atoms with E-state index in [1.54, 1.807) is 0 Å². The van der Waals surface area contributed by atoms with Crippen LogP contribution in [-0.4, -0.2) is 21.8 Å². The minimum atomic E-state index is 0.0887. The zero-order valence-corrected chi connectivity index (χ0v) is 13.1. The molecule has 0 saturated heterocycles. The molecule has 0 fully saturated rings. The molecule has 0 radical (unpaired) electrons. The van der Waals surface area contributed by atoms with Gasteiger partial charge in [0.05, 0.1) is 11.7 Å². The van der Waals surface area contributed by atoms with Crippen LogP contribution in [0.1, 0.15) is 24.2 Å². The predicted molar refractivity (Wildman–Crippen MR) is 91.3 cm³/mol. The summed E-state index contributed by atoms with van der Waals surface area (Å²) in [5, 5.41) is 2.99. The average Bonchev–Trinajstić information content (AvgIpc) is 3.01. The quantitative estimate of drug-likeness (QED) is 0.682. The van der Waals surface area contributed by atoms with Gasteiger partial charge in [0.25, 0.3) is 0 Å². The van der Waals surface area contributed by atoms with Crippen molar-refractivity contribution in [2.24, 2.45) is 0 Å². The fraction of sp³-hybridized carbons (Fsp3) is 0.263. The van der Waals surface area contributed by atoms with Gasteiger partial charge in [-0.1, -0.05) is 36.4 Å². The van der Waals surface area contributed by atoms with Crippen LogP contribution in [0.2, 0.25) is 0 Å². The molecule has 0 aliphatic heterocycles. The Morgan fingerprint density at radius 2 is 1.87 bits per heavy atom. The second-order valence-electron chi connectivity index (χ2n) is 5.61. The molecule has 0 spiro atoms. The van der Waals surface area contributed by atoms with E-state index < -0.39 is 0 Å². The van der Waals surface area contributed by atoms with Gasteiger partial charge in [0.15, 0.2) is 0 Å². The molecule has 1 amide bonds. The van der Waals surface area contributed by atoms with Crippen molar-refractivity contribution < 1.29 is 4.79 Å². The number of benzene rings is 1. The highest BCUT2D eigenvalue weighted by Gasteiger charge is 2.06. The summed E-state index contributed by atoms with van der Waals surface area (Å²) in [6.07, 6.45) is 6.90. The lowest BCUT2D eigenvalue weighted by atomic mass is 10.1. The molecule has 0 atom stereocenters. The topological polar surface area (TPSA) is 46.4 Å². The van der Waals surface area contributed by atoms with Gasteiger partial charge in [0.2, 0.25) is 5.91 Å². The Labute approximate surface area is 136 Å². The SMILES string of the molecule is O=C(CCc1ncc2ccccn12)NCCCc1ccccc1. The van der Waals surface area contributed by atoms with Crippen molar-refractivity contribution in [1.29, 1.82) is 0 Å².